The molecule has 0 saturated heterocycles. The molecule has 1 aliphatic heterocycles. The van der Waals surface area contributed by atoms with Crippen LogP contribution < -0.4 is 16.4 Å². The predicted octanol–water partition coefficient (Wildman–Crippen LogP) is 4.02. The van der Waals surface area contributed by atoms with Crippen molar-refractivity contribution in [2.75, 3.05) is 22.9 Å². The molecule has 138 valence electrons. The lowest BCUT2D eigenvalue weighted by atomic mass is 9.99. The van der Waals surface area contributed by atoms with Gasteiger partial charge in [0.05, 0.1) is 0 Å². The first kappa shape index (κ1) is 16.6. The molecule has 5 heteroatoms. The number of hydrogen-bond donors (Lipinski definition) is 2. The summed E-state index contributed by atoms with van der Waals surface area (Å²) >= 11 is 0. The standard InChI is InChI=1S/C23H21N5/c24-22-20(13-26-23(25)27-22)14-28-10-9-19-12-18(7-8-21(19)28)17-6-5-15-3-1-2-4-16(15)11-17/h1-8,11-13H,9-10,14H2,(H4,24,25,26,27). The number of anilines is 3. The van der Waals surface area contributed by atoms with Crippen molar-refractivity contribution in [1.29, 1.82) is 0 Å². The third-order valence-corrected chi connectivity index (χ3v) is 5.43. The summed E-state index contributed by atoms with van der Waals surface area (Å²) in [5.74, 6) is 0.664. The number of hydrogen-bond acceptors (Lipinski definition) is 5. The fourth-order valence-electron chi connectivity index (χ4n) is 3.94. The molecule has 1 aliphatic rings. The molecule has 0 spiro atoms. The van der Waals surface area contributed by atoms with Crippen LogP contribution in [0.3, 0.4) is 0 Å². The normalized spacial score (nSPS) is 13.1. The molecule has 0 radical (unpaired) electrons. The zero-order valence-corrected chi connectivity index (χ0v) is 15.5. The Morgan fingerprint density at radius 2 is 1.68 bits per heavy atom. The fourth-order valence-corrected chi connectivity index (χ4v) is 3.94. The minimum Gasteiger partial charge on any atom is -0.383 e. The third-order valence-electron chi connectivity index (χ3n) is 5.43. The Kier molecular flexibility index (Phi) is 3.86. The zero-order chi connectivity index (χ0) is 19.1. The van der Waals surface area contributed by atoms with Crippen LogP contribution in [0, 0.1) is 0 Å². The van der Waals surface area contributed by atoms with Crippen molar-refractivity contribution in [3.63, 3.8) is 0 Å². The van der Waals surface area contributed by atoms with Gasteiger partial charge >= 0.3 is 0 Å². The first-order valence-electron chi connectivity index (χ1n) is 9.41. The number of nitrogens with two attached hydrogens (primary N) is 2. The van der Waals surface area contributed by atoms with Gasteiger partial charge in [-0.15, -0.1) is 0 Å². The third kappa shape index (κ3) is 2.91. The van der Waals surface area contributed by atoms with E-state index in [0.29, 0.717) is 12.4 Å². The largest absolute Gasteiger partial charge is 0.383 e. The first-order valence-corrected chi connectivity index (χ1v) is 9.41. The summed E-state index contributed by atoms with van der Waals surface area (Å²) in [5.41, 5.74) is 17.6. The van der Waals surface area contributed by atoms with Gasteiger partial charge in [0.25, 0.3) is 0 Å². The Morgan fingerprint density at radius 1 is 0.893 bits per heavy atom. The molecule has 0 saturated carbocycles. The predicted molar refractivity (Wildman–Crippen MR) is 115 cm³/mol. The van der Waals surface area contributed by atoms with Gasteiger partial charge < -0.3 is 16.4 Å². The molecule has 0 fully saturated rings. The lowest BCUT2D eigenvalue weighted by Gasteiger charge is -2.20. The molecule has 3 aromatic carbocycles. The van der Waals surface area contributed by atoms with E-state index in [-0.39, 0.29) is 5.95 Å². The molecule has 5 rings (SSSR count). The van der Waals surface area contributed by atoms with Crippen LogP contribution in [0.5, 0.6) is 0 Å². The van der Waals surface area contributed by atoms with E-state index in [1.807, 2.05) is 0 Å². The Hall–Kier alpha value is -3.60. The Morgan fingerprint density at radius 3 is 2.54 bits per heavy atom. The highest BCUT2D eigenvalue weighted by atomic mass is 15.2. The lowest BCUT2D eigenvalue weighted by Crippen LogP contribution is -2.21. The second kappa shape index (κ2) is 6.53. The molecule has 5 nitrogen and oxygen atoms in total. The van der Waals surface area contributed by atoms with Crippen molar-refractivity contribution in [3.05, 3.63) is 78.0 Å². The highest BCUT2D eigenvalue weighted by Gasteiger charge is 2.21. The van der Waals surface area contributed by atoms with Crippen molar-refractivity contribution in [2.45, 2.75) is 13.0 Å². The topological polar surface area (TPSA) is 81.1 Å². The molecule has 2 heterocycles. The summed E-state index contributed by atoms with van der Waals surface area (Å²) < 4.78 is 0. The average Bonchev–Trinajstić information content (AvgIpc) is 3.12. The van der Waals surface area contributed by atoms with Crippen LogP contribution in [-0.4, -0.2) is 16.5 Å². The summed E-state index contributed by atoms with van der Waals surface area (Å²) in [6.07, 6.45) is 2.74. The SMILES string of the molecule is Nc1ncc(CN2CCc3cc(-c4ccc5ccccc5c4)ccc32)c(N)n1. The van der Waals surface area contributed by atoms with Crippen molar-refractivity contribution in [2.24, 2.45) is 0 Å². The molecular weight excluding hydrogens is 346 g/mol. The molecule has 0 aliphatic carbocycles. The van der Waals surface area contributed by atoms with Gasteiger partial charge in [-0.25, -0.2) is 4.98 Å². The summed E-state index contributed by atoms with van der Waals surface area (Å²) in [6, 6.07) is 21.8. The first-order chi connectivity index (χ1) is 13.7. The number of fused-ring (bicyclic) bond motifs is 2. The Labute approximate surface area is 163 Å². The molecule has 4 N–H and O–H groups in total. The highest BCUT2D eigenvalue weighted by molar-refractivity contribution is 5.87. The van der Waals surface area contributed by atoms with E-state index in [9.17, 15) is 0 Å². The summed E-state index contributed by atoms with van der Waals surface area (Å²) in [6.45, 7) is 1.65. The van der Waals surface area contributed by atoms with Gasteiger partial charge in [-0.05, 0) is 52.1 Å². The zero-order valence-electron chi connectivity index (χ0n) is 15.5. The van der Waals surface area contributed by atoms with Crippen LogP contribution in [0.1, 0.15) is 11.1 Å². The Bertz CT molecular complexity index is 1180. The van der Waals surface area contributed by atoms with Gasteiger partial charge in [0, 0.05) is 30.5 Å². The number of nitrogens with zero attached hydrogens (tertiary/aromatic N) is 3. The molecular formula is C23H21N5. The Balaban J connectivity index is 1.44. The average molecular weight is 367 g/mol. The van der Waals surface area contributed by atoms with Crippen LogP contribution in [0.2, 0.25) is 0 Å². The highest BCUT2D eigenvalue weighted by Crippen LogP contribution is 2.34. The van der Waals surface area contributed by atoms with Crippen molar-refractivity contribution >= 4 is 28.2 Å². The van der Waals surface area contributed by atoms with Crippen LogP contribution in [-0.2, 0) is 13.0 Å². The molecule has 4 aromatic rings. The summed E-state index contributed by atoms with van der Waals surface area (Å²) in [5, 5.41) is 2.53. The van der Waals surface area contributed by atoms with Gasteiger partial charge in [-0.3, -0.25) is 0 Å². The smallest absolute Gasteiger partial charge is 0.221 e. The number of aromatic nitrogens is 2. The maximum absolute atomic E-state index is 6.01. The lowest BCUT2D eigenvalue weighted by molar-refractivity contribution is 0.830. The maximum atomic E-state index is 6.01. The van der Waals surface area contributed by atoms with Gasteiger partial charge in [0.15, 0.2) is 0 Å². The minimum absolute atomic E-state index is 0.211. The summed E-state index contributed by atoms with van der Waals surface area (Å²) in [7, 11) is 0. The van der Waals surface area contributed by atoms with E-state index in [0.717, 1.165) is 18.5 Å². The number of nitrogen functional groups attached to an aromatic ring is 2. The van der Waals surface area contributed by atoms with E-state index in [1.165, 1.54) is 33.2 Å². The van der Waals surface area contributed by atoms with Gasteiger partial charge in [0.1, 0.15) is 5.82 Å². The molecule has 1 aromatic heterocycles. The summed E-state index contributed by atoms with van der Waals surface area (Å²) in [4.78, 5) is 10.5. The van der Waals surface area contributed by atoms with E-state index in [1.54, 1.807) is 6.20 Å². The van der Waals surface area contributed by atoms with Crippen molar-refractivity contribution < 1.29 is 0 Å². The van der Waals surface area contributed by atoms with Crippen molar-refractivity contribution in [1.82, 2.24) is 9.97 Å². The van der Waals surface area contributed by atoms with E-state index >= 15 is 0 Å². The monoisotopic (exact) mass is 367 g/mol. The molecule has 0 bridgehead atoms. The van der Waals surface area contributed by atoms with E-state index < -0.39 is 0 Å². The van der Waals surface area contributed by atoms with E-state index in [4.69, 9.17) is 11.5 Å². The second-order valence-electron chi connectivity index (χ2n) is 7.22. The van der Waals surface area contributed by atoms with Crippen LogP contribution in [0.15, 0.2) is 66.9 Å². The number of rotatable bonds is 3. The molecule has 0 amide bonds. The second-order valence-corrected chi connectivity index (χ2v) is 7.22. The minimum atomic E-state index is 0.211. The van der Waals surface area contributed by atoms with E-state index in [2.05, 4.69) is 75.5 Å². The fraction of sp³-hybridized carbons (Fsp3) is 0.130. The maximum Gasteiger partial charge on any atom is 0.221 e. The van der Waals surface area contributed by atoms with Gasteiger partial charge in [-0.1, -0.05) is 42.5 Å². The number of benzene rings is 3. The molecule has 0 unspecified atom stereocenters. The van der Waals surface area contributed by atoms with Crippen molar-refractivity contribution in [3.8, 4) is 11.1 Å². The van der Waals surface area contributed by atoms with Crippen LogP contribution in [0.4, 0.5) is 17.5 Å². The quantitative estimate of drug-likeness (QED) is 0.571. The van der Waals surface area contributed by atoms with Gasteiger partial charge in [0.2, 0.25) is 5.95 Å². The molecule has 28 heavy (non-hydrogen) atoms. The molecule has 0 atom stereocenters. The van der Waals surface area contributed by atoms with Gasteiger partial charge in [-0.2, -0.15) is 4.98 Å². The van der Waals surface area contributed by atoms with Crippen LogP contribution in [0.25, 0.3) is 21.9 Å². The van der Waals surface area contributed by atoms with Crippen LogP contribution >= 0.6 is 0 Å².